The zero-order valence-corrected chi connectivity index (χ0v) is 12.0. The molecule has 0 saturated carbocycles. The molecule has 0 aliphatic heterocycles. The van der Waals surface area contributed by atoms with Gasteiger partial charge >= 0.3 is 0 Å². The molecule has 0 atom stereocenters. The maximum absolute atomic E-state index is 5.88. The van der Waals surface area contributed by atoms with Crippen molar-refractivity contribution in [1.82, 2.24) is 9.97 Å². The fourth-order valence-electron chi connectivity index (χ4n) is 2.39. The van der Waals surface area contributed by atoms with Crippen LogP contribution >= 0.6 is 0 Å². The van der Waals surface area contributed by atoms with E-state index in [9.17, 15) is 0 Å². The Kier molecular flexibility index (Phi) is 3.69. The Hall–Kier alpha value is -2.62. The van der Waals surface area contributed by atoms with E-state index in [1.165, 1.54) is 0 Å². The minimum Gasteiger partial charge on any atom is -0.399 e. The van der Waals surface area contributed by atoms with Crippen molar-refractivity contribution >= 4 is 22.3 Å². The van der Waals surface area contributed by atoms with Gasteiger partial charge in [-0.05, 0) is 43.3 Å². The molecule has 2 aromatic heterocycles. The van der Waals surface area contributed by atoms with Crippen molar-refractivity contribution in [3.63, 3.8) is 0 Å². The lowest BCUT2D eigenvalue weighted by Crippen LogP contribution is -2.07. The van der Waals surface area contributed by atoms with E-state index in [2.05, 4.69) is 21.4 Å². The number of hydrogen-bond donors (Lipinski definition) is 2. The number of rotatable bonds is 4. The van der Waals surface area contributed by atoms with Crippen LogP contribution in [0.4, 0.5) is 11.4 Å². The van der Waals surface area contributed by atoms with Crippen LogP contribution in [0.3, 0.4) is 0 Å². The summed E-state index contributed by atoms with van der Waals surface area (Å²) in [4.78, 5) is 8.87. The zero-order valence-electron chi connectivity index (χ0n) is 12.0. The molecule has 3 rings (SSSR count). The number of pyridine rings is 2. The van der Waals surface area contributed by atoms with Gasteiger partial charge in [-0.2, -0.15) is 0 Å². The van der Waals surface area contributed by atoms with Crippen LogP contribution in [0.1, 0.15) is 11.4 Å². The first kappa shape index (κ1) is 13.4. The Morgan fingerprint density at radius 3 is 2.86 bits per heavy atom. The number of aryl methyl sites for hydroxylation is 1. The SMILES string of the molecule is Cc1cc(NCCc2ccccn2)c2cc(N)ccc2n1. The molecule has 21 heavy (non-hydrogen) atoms. The molecule has 2 heterocycles. The van der Waals surface area contributed by atoms with E-state index in [0.717, 1.165) is 46.6 Å². The molecule has 106 valence electrons. The largest absolute Gasteiger partial charge is 0.399 e. The van der Waals surface area contributed by atoms with Gasteiger partial charge in [0.2, 0.25) is 0 Å². The molecule has 0 amide bonds. The number of anilines is 2. The second-order valence-corrected chi connectivity index (χ2v) is 5.09. The Morgan fingerprint density at radius 1 is 1.14 bits per heavy atom. The van der Waals surface area contributed by atoms with E-state index in [-0.39, 0.29) is 0 Å². The molecule has 0 aliphatic carbocycles. The average Bonchev–Trinajstić information content (AvgIpc) is 2.49. The molecule has 3 N–H and O–H groups in total. The number of nitrogens with two attached hydrogens (primary N) is 1. The third kappa shape index (κ3) is 3.11. The first-order valence-corrected chi connectivity index (χ1v) is 7.03. The monoisotopic (exact) mass is 278 g/mol. The molecular formula is C17H18N4. The van der Waals surface area contributed by atoms with Crippen molar-refractivity contribution in [2.24, 2.45) is 0 Å². The number of nitrogens with one attached hydrogen (secondary N) is 1. The van der Waals surface area contributed by atoms with E-state index in [1.807, 2.05) is 49.5 Å². The molecule has 0 aliphatic rings. The fraction of sp³-hybridized carbons (Fsp3) is 0.176. The summed E-state index contributed by atoms with van der Waals surface area (Å²) in [5.74, 6) is 0. The van der Waals surface area contributed by atoms with Crippen LogP contribution in [0.15, 0.2) is 48.7 Å². The number of hydrogen-bond acceptors (Lipinski definition) is 4. The highest BCUT2D eigenvalue weighted by Crippen LogP contribution is 2.25. The molecule has 0 radical (unpaired) electrons. The molecule has 0 unspecified atom stereocenters. The van der Waals surface area contributed by atoms with Gasteiger partial charge in [0.1, 0.15) is 0 Å². The summed E-state index contributed by atoms with van der Waals surface area (Å²) in [5.41, 5.74) is 10.7. The van der Waals surface area contributed by atoms with Crippen LogP contribution in [0.5, 0.6) is 0 Å². The molecular weight excluding hydrogens is 260 g/mol. The Balaban J connectivity index is 1.81. The number of fused-ring (bicyclic) bond motifs is 1. The van der Waals surface area contributed by atoms with E-state index in [0.29, 0.717) is 0 Å². The number of aromatic nitrogens is 2. The van der Waals surface area contributed by atoms with Gasteiger partial charge in [0.05, 0.1) is 5.52 Å². The van der Waals surface area contributed by atoms with Crippen molar-refractivity contribution in [2.45, 2.75) is 13.3 Å². The first-order valence-electron chi connectivity index (χ1n) is 7.03. The Morgan fingerprint density at radius 2 is 2.05 bits per heavy atom. The highest BCUT2D eigenvalue weighted by molar-refractivity contribution is 5.93. The minimum atomic E-state index is 0.751. The van der Waals surface area contributed by atoms with Gasteiger partial charge < -0.3 is 11.1 Å². The van der Waals surface area contributed by atoms with Crippen molar-refractivity contribution in [1.29, 1.82) is 0 Å². The summed E-state index contributed by atoms with van der Waals surface area (Å²) in [6, 6.07) is 13.8. The summed E-state index contributed by atoms with van der Waals surface area (Å²) in [7, 11) is 0. The lowest BCUT2D eigenvalue weighted by Gasteiger charge is -2.11. The lowest BCUT2D eigenvalue weighted by atomic mass is 10.1. The van der Waals surface area contributed by atoms with Gasteiger partial charge in [-0.15, -0.1) is 0 Å². The van der Waals surface area contributed by atoms with Crippen LogP contribution in [-0.2, 0) is 6.42 Å². The maximum Gasteiger partial charge on any atom is 0.0727 e. The van der Waals surface area contributed by atoms with Gasteiger partial charge in [0.15, 0.2) is 0 Å². The zero-order chi connectivity index (χ0) is 14.7. The topological polar surface area (TPSA) is 63.8 Å². The van der Waals surface area contributed by atoms with Crippen molar-refractivity contribution in [3.05, 3.63) is 60.0 Å². The van der Waals surface area contributed by atoms with Gasteiger partial charge in [-0.3, -0.25) is 9.97 Å². The van der Waals surface area contributed by atoms with Crippen molar-refractivity contribution in [2.75, 3.05) is 17.6 Å². The third-order valence-corrected chi connectivity index (χ3v) is 3.38. The summed E-state index contributed by atoms with van der Waals surface area (Å²) >= 11 is 0. The third-order valence-electron chi connectivity index (χ3n) is 3.38. The molecule has 4 nitrogen and oxygen atoms in total. The van der Waals surface area contributed by atoms with E-state index in [4.69, 9.17) is 5.73 Å². The highest BCUT2D eigenvalue weighted by atomic mass is 14.9. The number of nitrogens with zero attached hydrogens (tertiary/aromatic N) is 2. The second-order valence-electron chi connectivity index (χ2n) is 5.09. The van der Waals surface area contributed by atoms with Gasteiger partial charge in [-0.1, -0.05) is 6.07 Å². The van der Waals surface area contributed by atoms with Gasteiger partial charge in [0, 0.05) is 47.3 Å². The van der Waals surface area contributed by atoms with E-state index >= 15 is 0 Å². The molecule has 0 bridgehead atoms. The summed E-state index contributed by atoms with van der Waals surface area (Å²) in [6.07, 6.45) is 2.70. The summed E-state index contributed by atoms with van der Waals surface area (Å²) in [6.45, 7) is 2.82. The predicted molar refractivity (Wildman–Crippen MR) is 87.3 cm³/mol. The van der Waals surface area contributed by atoms with E-state index in [1.54, 1.807) is 0 Å². The molecule has 0 saturated heterocycles. The standard InChI is InChI=1S/C17H18N4/c1-12-10-17(15-11-13(18)5-6-16(15)21-12)20-9-7-14-4-2-3-8-19-14/h2-6,8,10-11H,7,9,18H2,1H3,(H,20,21). The van der Waals surface area contributed by atoms with Crippen LogP contribution in [0, 0.1) is 6.92 Å². The van der Waals surface area contributed by atoms with E-state index < -0.39 is 0 Å². The maximum atomic E-state index is 5.88. The van der Waals surface area contributed by atoms with Crippen molar-refractivity contribution in [3.8, 4) is 0 Å². The smallest absolute Gasteiger partial charge is 0.0727 e. The minimum absolute atomic E-state index is 0.751. The second kappa shape index (κ2) is 5.79. The molecule has 4 heteroatoms. The number of benzene rings is 1. The van der Waals surface area contributed by atoms with Crippen LogP contribution in [0.25, 0.3) is 10.9 Å². The lowest BCUT2D eigenvalue weighted by molar-refractivity contribution is 0.962. The Labute approximate surface area is 124 Å². The van der Waals surface area contributed by atoms with Gasteiger partial charge in [-0.25, -0.2) is 0 Å². The molecule has 1 aromatic carbocycles. The van der Waals surface area contributed by atoms with Crippen LogP contribution < -0.4 is 11.1 Å². The average molecular weight is 278 g/mol. The fourth-order valence-corrected chi connectivity index (χ4v) is 2.39. The van der Waals surface area contributed by atoms with Crippen molar-refractivity contribution < 1.29 is 0 Å². The first-order chi connectivity index (χ1) is 10.2. The summed E-state index contributed by atoms with van der Waals surface area (Å²) < 4.78 is 0. The molecule has 3 aromatic rings. The highest BCUT2D eigenvalue weighted by Gasteiger charge is 2.04. The predicted octanol–water partition coefficient (Wildman–Crippen LogP) is 3.18. The Bertz CT molecular complexity index is 753. The van der Waals surface area contributed by atoms with Gasteiger partial charge in [0.25, 0.3) is 0 Å². The molecule has 0 fully saturated rings. The quantitative estimate of drug-likeness (QED) is 0.719. The summed E-state index contributed by atoms with van der Waals surface area (Å²) in [5, 5.41) is 4.53. The van der Waals surface area contributed by atoms with Crippen LogP contribution in [-0.4, -0.2) is 16.5 Å². The normalized spacial score (nSPS) is 10.7. The molecule has 0 spiro atoms. The number of nitrogen functional groups attached to an aromatic ring is 1. The van der Waals surface area contributed by atoms with Crippen LogP contribution in [0.2, 0.25) is 0 Å².